The summed E-state index contributed by atoms with van der Waals surface area (Å²) in [5.74, 6) is -2.75. The lowest BCUT2D eigenvalue weighted by Crippen LogP contribution is -2.55. The molecule has 0 unspecified atom stereocenters. The highest BCUT2D eigenvalue weighted by Crippen LogP contribution is 2.34. The van der Waals surface area contributed by atoms with Crippen molar-refractivity contribution in [3.05, 3.63) is 28.5 Å². The zero-order chi connectivity index (χ0) is 32.6. The summed E-state index contributed by atoms with van der Waals surface area (Å²) in [5.41, 5.74) is -0.556. The largest absolute Gasteiger partial charge is 0.444 e. The van der Waals surface area contributed by atoms with Crippen LogP contribution in [-0.2, 0) is 19.1 Å². The summed E-state index contributed by atoms with van der Waals surface area (Å²) in [6.07, 6.45) is 4.94. The number of nitrogens with zero attached hydrogens (tertiary/aromatic N) is 2. The van der Waals surface area contributed by atoms with Gasteiger partial charge in [0.05, 0.1) is 10.7 Å². The Morgan fingerprint density at radius 3 is 2.20 bits per heavy atom. The number of likely N-dealkylation sites (N-methyl/N-ethyl adjacent to an activating group) is 1. The first-order valence-electron chi connectivity index (χ1n) is 15.8. The Morgan fingerprint density at radius 2 is 1.64 bits per heavy atom. The topological polar surface area (TPSA) is 120 Å². The van der Waals surface area contributed by atoms with Gasteiger partial charge >= 0.3 is 6.09 Å². The molecule has 2 aliphatic rings. The van der Waals surface area contributed by atoms with Crippen LogP contribution in [0.3, 0.4) is 0 Å². The van der Waals surface area contributed by atoms with Gasteiger partial charge in [0.15, 0.2) is 5.82 Å². The number of anilines is 1. The van der Waals surface area contributed by atoms with Crippen LogP contribution >= 0.6 is 11.6 Å². The lowest BCUT2D eigenvalue weighted by atomic mass is 9.90. The SMILES string of the molecule is CCC(=O)N[C@@H](C(=O)N1CCN(C)CC1)[C@@H](C)c1ccc(NC(=O)[C@@H](NC(=O)OC(C)(C)C)C2CCCCCC2)c(F)c1Cl. The van der Waals surface area contributed by atoms with E-state index in [1.807, 2.05) is 7.05 Å². The molecule has 3 atom stereocenters. The molecule has 1 saturated heterocycles. The van der Waals surface area contributed by atoms with Crippen molar-refractivity contribution in [1.29, 1.82) is 0 Å². The quantitative estimate of drug-likeness (QED) is 0.326. The van der Waals surface area contributed by atoms with Gasteiger partial charge in [-0.2, -0.15) is 0 Å². The Kier molecular flexibility index (Phi) is 12.8. The Hall–Kier alpha value is -2.92. The highest BCUT2D eigenvalue weighted by molar-refractivity contribution is 6.32. The van der Waals surface area contributed by atoms with E-state index in [-0.39, 0.29) is 34.9 Å². The molecule has 0 bridgehead atoms. The normalized spacial score (nSPS) is 18.9. The van der Waals surface area contributed by atoms with Crippen molar-refractivity contribution in [1.82, 2.24) is 20.4 Å². The summed E-state index contributed by atoms with van der Waals surface area (Å²) < 4.78 is 21.2. The van der Waals surface area contributed by atoms with Crippen molar-refractivity contribution in [3.63, 3.8) is 0 Å². The fraction of sp³-hybridized carbons (Fsp3) is 0.688. The maximum atomic E-state index is 15.8. The van der Waals surface area contributed by atoms with Crippen LogP contribution in [-0.4, -0.2) is 84.5 Å². The van der Waals surface area contributed by atoms with Crippen molar-refractivity contribution in [2.75, 3.05) is 38.5 Å². The van der Waals surface area contributed by atoms with Crippen LogP contribution in [0.2, 0.25) is 5.02 Å². The van der Waals surface area contributed by atoms with E-state index >= 15 is 4.39 Å². The standard InChI is InChI=1S/C32H49ClFN5O5/c1-7-24(40)36-27(30(42)39-18-16-38(6)17-19-39)20(2)22-14-15-23(26(34)25(22)33)35-29(41)28(21-12-10-8-9-11-13-21)37-31(43)44-32(3,4)5/h14-15,20-21,27-28H,7-13,16-19H2,1-6H3,(H,35,41)(H,36,40)(H,37,43)/t20-,27+,28-/m0/s1. The number of ether oxygens (including phenoxy) is 1. The minimum Gasteiger partial charge on any atom is -0.444 e. The van der Waals surface area contributed by atoms with Gasteiger partial charge in [0.25, 0.3) is 0 Å². The molecule has 4 amide bonds. The predicted molar refractivity (Wildman–Crippen MR) is 169 cm³/mol. The zero-order valence-corrected chi connectivity index (χ0v) is 27.7. The molecule has 1 heterocycles. The average Bonchev–Trinajstić information content (AvgIpc) is 3.25. The lowest BCUT2D eigenvalue weighted by molar-refractivity contribution is -0.138. The number of benzene rings is 1. The third-order valence-electron chi connectivity index (χ3n) is 8.41. The molecular weight excluding hydrogens is 589 g/mol. The molecule has 0 aromatic heterocycles. The van der Waals surface area contributed by atoms with Crippen LogP contribution in [0.1, 0.15) is 91.0 Å². The third kappa shape index (κ3) is 9.79. The monoisotopic (exact) mass is 637 g/mol. The van der Waals surface area contributed by atoms with Crippen LogP contribution in [0.15, 0.2) is 12.1 Å². The Balaban J connectivity index is 1.84. The number of amides is 4. The molecule has 3 rings (SSSR count). The Labute approximate surface area is 265 Å². The highest BCUT2D eigenvalue weighted by atomic mass is 35.5. The Morgan fingerprint density at radius 1 is 1.02 bits per heavy atom. The molecule has 44 heavy (non-hydrogen) atoms. The summed E-state index contributed by atoms with van der Waals surface area (Å²) >= 11 is 6.55. The minimum atomic E-state index is -0.944. The van der Waals surface area contributed by atoms with Crippen molar-refractivity contribution >= 4 is 41.1 Å². The van der Waals surface area contributed by atoms with Gasteiger partial charge in [-0.3, -0.25) is 14.4 Å². The van der Waals surface area contributed by atoms with Crippen molar-refractivity contribution in [2.24, 2.45) is 5.92 Å². The molecule has 1 saturated carbocycles. The van der Waals surface area contributed by atoms with Crippen LogP contribution in [0.4, 0.5) is 14.9 Å². The second-order valence-corrected chi connectivity index (χ2v) is 13.4. The molecule has 246 valence electrons. The Bertz CT molecular complexity index is 1180. The van der Waals surface area contributed by atoms with E-state index in [0.29, 0.717) is 31.7 Å². The fourth-order valence-corrected chi connectivity index (χ4v) is 6.12. The summed E-state index contributed by atoms with van der Waals surface area (Å²) in [7, 11) is 1.98. The van der Waals surface area contributed by atoms with Gasteiger partial charge in [-0.25, -0.2) is 9.18 Å². The number of carbonyl (C=O) groups is 4. The van der Waals surface area contributed by atoms with E-state index in [9.17, 15) is 19.2 Å². The van der Waals surface area contributed by atoms with E-state index in [4.69, 9.17) is 16.3 Å². The maximum absolute atomic E-state index is 15.8. The first kappa shape index (κ1) is 35.6. The summed E-state index contributed by atoms with van der Waals surface area (Å²) in [4.78, 5) is 56.0. The van der Waals surface area contributed by atoms with Gasteiger partial charge in [-0.15, -0.1) is 0 Å². The molecule has 10 nitrogen and oxygen atoms in total. The van der Waals surface area contributed by atoms with Crippen LogP contribution in [0, 0.1) is 11.7 Å². The van der Waals surface area contributed by atoms with E-state index in [0.717, 1.165) is 38.5 Å². The van der Waals surface area contributed by atoms with Crippen molar-refractivity contribution < 1.29 is 28.3 Å². The molecule has 0 radical (unpaired) electrons. The minimum absolute atomic E-state index is 0.133. The van der Waals surface area contributed by atoms with Gasteiger partial charge in [-0.05, 0) is 58.2 Å². The van der Waals surface area contributed by atoms with Gasteiger partial charge in [0, 0.05) is 38.5 Å². The maximum Gasteiger partial charge on any atom is 0.408 e. The molecule has 12 heteroatoms. The first-order chi connectivity index (χ1) is 20.7. The summed E-state index contributed by atoms with van der Waals surface area (Å²) in [6, 6.07) is 1.10. The molecule has 3 N–H and O–H groups in total. The van der Waals surface area contributed by atoms with Gasteiger partial charge in [-0.1, -0.05) is 57.2 Å². The zero-order valence-electron chi connectivity index (χ0n) is 26.9. The van der Waals surface area contributed by atoms with Crippen LogP contribution in [0.25, 0.3) is 0 Å². The predicted octanol–water partition coefficient (Wildman–Crippen LogP) is 5.05. The number of carbonyl (C=O) groups excluding carboxylic acids is 4. The van der Waals surface area contributed by atoms with E-state index < -0.39 is 41.4 Å². The van der Waals surface area contributed by atoms with Gasteiger partial charge in [0.1, 0.15) is 17.7 Å². The number of alkyl carbamates (subject to hydrolysis) is 1. The second-order valence-electron chi connectivity index (χ2n) is 13.0. The molecule has 0 spiro atoms. The van der Waals surface area contributed by atoms with Gasteiger partial charge < -0.3 is 30.5 Å². The number of rotatable bonds is 9. The number of nitrogens with one attached hydrogen (secondary N) is 3. The lowest BCUT2D eigenvalue weighted by Gasteiger charge is -2.36. The molecule has 1 aromatic carbocycles. The van der Waals surface area contributed by atoms with Crippen LogP contribution < -0.4 is 16.0 Å². The summed E-state index contributed by atoms with van der Waals surface area (Å²) in [5, 5.41) is 7.92. The van der Waals surface area contributed by atoms with E-state index in [2.05, 4.69) is 20.9 Å². The average molecular weight is 638 g/mol. The highest BCUT2D eigenvalue weighted by Gasteiger charge is 2.36. The number of hydrogen-bond donors (Lipinski definition) is 3. The molecular formula is C32H49ClFN5O5. The first-order valence-corrected chi connectivity index (χ1v) is 16.1. The van der Waals surface area contributed by atoms with Crippen molar-refractivity contribution in [3.8, 4) is 0 Å². The smallest absolute Gasteiger partial charge is 0.408 e. The number of piperazine rings is 1. The summed E-state index contributed by atoms with van der Waals surface area (Å²) in [6.45, 7) is 11.1. The number of halogens is 2. The fourth-order valence-electron chi connectivity index (χ4n) is 5.78. The third-order valence-corrected chi connectivity index (χ3v) is 8.79. The molecule has 1 aliphatic carbocycles. The second kappa shape index (κ2) is 15.9. The number of hydrogen-bond acceptors (Lipinski definition) is 6. The van der Waals surface area contributed by atoms with E-state index in [1.54, 1.807) is 45.6 Å². The molecule has 1 aromatic rings. The van der Waals surface area contributed by atoms with E-state index in [1.165, 1.54) is 6.07 Å². The molecule has 1 aliphatic heterocycles. The van der Waals surface area contributed by atoms with Crippen molar-refractivity contribution in [2.45, 2.75) is 103 Å². The molecule has 2 fully saturated rings. The van der Waals surface area contributed by atoms with Crippen LogP contribution in [0.5, 0.6) is 0 Å². The van der Waals surface area contributed by atoms with Gasteiger partial charge in [0.2, 0.25) is 17.7 Å².